The van der Waals surface area contributed by atoms with Crippen LogP contribution in [0, 0.1) is 0 Å². The highest BCUT2D eigenvalue weighted by Crippen LogP contribution is 2.24. The molecule has 0 radical (unpaired) electrons. The van der Waals surface area contributed by atoms with Crippen LogP contribution in [0.1, 0.15) is 28.9 Å². The van der Waals surface area contributed by atoms with Gasteiger partial charge in [0.05, 0.1) is 28.8 Å². The van der Waals surface area contributed by atoms with Crippen molar-refractivity contribution in [1.82, 2.24) is 14.9 Å². The number of benzene rings is 2. The van der Waals surface area contributed by atoms with Gasteiger partial charge < -0.3 is 9.88 Å². The molecule has 128 valence electrons. The first kappa shape index (κ1) is 15.1. The maximum atomic E-state index is 12.6. The van der Waals surface area contributed by atoms with Crippen LogP contribution in [0.2, 0.25) is 0 Å². The number of carbonyl (C=O) groups is 1. The van der Waals surface area contributed by atoms with Gasteiger partial charge in [-0.1, -0.05) is 36.4 Å². The molecule has 2 aromatic carbocycles. The number of carbonyl (C=O) groups excluding carboxylic acids is 1. The first-order valence-corrected chi connectivity index (χ1v) is 9.01. The number of pyridine rings is 1. The molecule has 2 aromatic heterocycles. The summed E-state index contributed by atoms with van der Waals surface area (Å²) in [4.78, 5) is 17.4. The average Bonchev–Trinajstić information content (AvgIpc) is 3.40. The van der Waals surface area contributed by atoms with Crippen molar-refractivity contribution in [3.63, 3.8) is 0 Å². The molecule has 0 spiro atoms. The Kier molecular flexibility index (Phi) is 3.49. The Bertz CT molecular complexity index is 1120. The van der Waals surface area contributed by atoms with Gasteiger partial charge in [0, 0.05) is 23.0 Å². The second-order valence-corrected chi connectivity index (χ2v) is 6.93. The van der Waals surface area contributed by atoms with E-state index in [1.807, 2.05) is 42.6 Å². The third-order valence-electron chi connectivity index (χ3n) is 4.93. The summed E-state index contributed by atoms with van der Waals surface area (Å²) < 4.78 is 2.12. The molecule has 4 heteroatoms. The van der Waals surface area contributed by atoms with Crippen molar-refractivity contribution in [3.8, 4) is 0 Å². The van der Waals surface area contributed by atoms with E-state index in [0.29, 0.717) is 12.6 Å². The van der Waals surface area contributed by atoms with E-state index in [0.717, 1.165) is 45.9 Å². The minimum atomic E-state index is 0.0181. The molecule has 1 aliphatic carbocycles. The zero-order valence-electron chi connectivity index (χ0n) is 14.4. The van der Waals surface area contributed by atoms with E-state index in [-0.39, 0.29) is 5.91 Å². The molecular formula is C22H19N3O. The monoisotopic (exact) mass is 341 g/mol. The number of hydrogen-bond acceptors (Lipinski definition) is 2. The molecule has 5 rings (SSSR count). The van der Waals surface area contributed by atoms with Gasteiger partial charge in [-0.3, -0.25) is 9.78 Å². The molecule has 0 saturated heterocycles. The fraction of sp³-hybridized carbons (Fsp3) is 0.182. The van der Waals surface area contributed by atoms with Crippen LogP contribution >= 0.6 is 0 Å². The summed E-state index contributed by atoms with van der Waals surface area (Å²) in [6, 6.07) is 20.6. The Hall–Kier alpha value is -3.14. The van der Waals surface area contributed by atoms with Gasteiger partial charge in [0.25, 0.3) is 5.91 Å². The fourth-order valence-corrected chi connectivity index (χ4v) is 3.44. The van der Waals surface area contributed by atoms with Crippen LogP contribution in [0.4, 0.5) is 0 Å². The molecule has 1 amide bonds. The van der Waals surface area contributed by atoms with E-state index in [9.17, 15) is 4.79 Å². The zero-order chi connectivity index (χ0) is 17.5. The van der Waals surface area contributed by atoms with Gasteiger partial charge in [0.15, 0.2) is 0 Å². The number of hydrogen-bond donors (Lipinski definition) is 1. The minimum absolute atomic E-state index is 0.0181. The van der Waals surface area contributed by atoms with Crippen LogP contribution in [-0.4, -0.2) is 21.5 Å². The number of aromatic nitrogens is 2. The Morgan fingerprint density at radius 1 is 1.00 bits per heavy atom. The van der Waals surface area contributed by atoms with Crippen LogP contribution in [0.5, 0.6) is 0 Å². The lowest BCUT2D eigenvalue weighted by Gasteiger charge is -2.10. The molecule has 26 heavy (non-hydrogen) atoms. The molecule has 0 aliphatic heterocycles. The number of fused-ring (bicyclic) bond motifs is 2. The van der Waals surface area contributed by atoms with E-state index >= 15 is 0 Å². The lowest BCUT2D eigenvalue weighted by molar-refractivity contribution is 0.0952. The molecule has 0 unspecified atom stereocenters. The predicted molar refractivity (Wildman–Crippen MR) is 103 cm³/mol. The van der Waals surface area contributed by atoms with E-state index in [2.05, 4.69) is 34.1 Å². The van der Waals surface area contributed by atoms with Crippen molar-refractivity contribution in [2.45, 2.75) is 25.4 Å². The summed E-state index contributed by atoms with van der Waals surface area (Å²) in [5.74, 6) is 0.0181. The van der Waals surface area contributed by atoms with Gasteiger partial charge in [0.1, 0.15) is 0 Å². The smallest absolute Gasteiger partial charge is 0.253 e. The lowest BCUT2D eigenvalue weighted by Crippen LogP contribution is -2.26. The number of para-hydroxylation sites is 2. The van der Waals surface area contributed by atoms with Gasteiger partial charge >= 0.3 is 0 Å². The largest absolute Gasteiger partial charge is 0.349 e. The summed E-state index contributed by atoms with van der Waals surface area (Å²) >= 11 is 0. The minimum Gasteiger partial charge on any atom is -0.349 e. The molecule has 1 aliphatic rings. The number of amides is 1. The summed E-state index contributed by atoms with van der Waals surface area (Å²) in [6.07, 6.45) is 4.21. The highest BCUT2D eigenvalue weighted by atomic mass is 16.1. The molecule has 1 saturated carbocycles. The Labute approximate surface area is 151 Å². The SMILES string of the molecule is O=C(NC1CC1)c1cccc2ccn(Cc3ccc4ccccc4n3)c12. The summed E-state index contributed by atoms with van der Waals surface area (Å²) in [6.45, 7) is 0.641. The van der Waals surface area contributed by atoms with E-state index in [1.165, 1.54) is 0 Å². The topological polar surface area (TPSA) is 46.9 Å². The molecule has 1 fully saturated rings. The normalized spacial score (nSPS) is 14.0. The maximum Gasteiger partial charge on any atom is 0.253 e. The molecule has 4 aromatic rings. The lowest BCUT2D eigenvalue weighted by atomic mass is 10.1. The van der Waals surface area contributed by atoms with Crippen molar-refractivity contribution < 1.29 is 4.79 Å². The maximum absolute atomic E-state index is 12.6. The van der Waals surface area contributed by atoms with Crippen molar-refractivity contribution in [1.29, 1.82) is 0 Å². The van der Waals surface area contributed by atoms with Crippen LogP contribution in [0.15, 0.2) is 66.9 Å². The zero-order valence-corrected chi connectivity index (χ0v) is 14.4. The van der Waals surface area contributed by atoms with Crippen LogP contribution in [0.25, 0.3) is 21.8 Å². The van der Waals surface area contributed by atoms with Crippen molar-refractivity contribution in [2.24, 2.45) is 0 Å². The van der Waals surface area contributed by atoms with Gasteiger partial charge in [-0.2, -0.15) is 0 Å². The highest BCUT2D eigenvalue weighted by molar-refractivity contribution is 6.06. The third kappa shape index (κ3) is 2.73. The third-order valence-corrected chi connectivity index (χ3v) is 4.93. The molecule has 0 atom stereocenters. The predicted octanol–water partition coefficient (Wildman–Crippen LogP) is 4.13. The Morgan fingerprint density at radius 2 is 1.85 bits per heavy atom. The van der Waals surface area contributed by atoms with Gasteiger partial charge in [-0.05, 0) is 37.1 Å². The summed E-state index contributed by atoms with van der Waals surface area (Å²) in [5, 5.41) is 5.31. The van der Waals surface area contributed by atoms with Gasteiger partial charge in [-0.25, -0.2) is 0 Å². The fourth-order valence-electron chi connectivity index (χ4n) is 3.44. The highest BCUT2D eigenvalue weighted by Gasteiger charge is 2.25. The standard InChI is InChI=1S/C22H19N3O/c26-22(24-17-10-11-17)19-6-3-5-16-12-13-25(21(16)19)14-18-9-8-15-4-1-2-7-20(15)23-18/h1-9,12-13,17H,10-11,14H2,(H,24,26). The second kappa shape index (κ2) is 5.99. The molecular weight excluding hydrogens is 322 g/mol. The summed E-state index contributed by atoms with van der Waals surface area (Å²) in [5.41, 5.74) is 3.69. The van der Waals surface area contributed by atoms with Gasteiger partial charge in [0.2, 0.25) is 0 Å². The van der Waals surface area contributed by atoms with E-state index in [4.69, 9.17) is 4.98 Å². The van der Waals surface area contributed by atoms with Crippen molar-refractivity contribution in [2.75, 3.05) is 0 Å². The Balaban J connectivity index is 1.54. The second-order valence-electron chi connectivity index (χ2n) is 6.93. The van der Waals surface area contributed by atoms with E-state index in [1.54, 1.807) is 0 Å². The first-order chi connectivity index (χ1) is 12.8. The summed E-state index contributed by atoms with van der Waals surface area (Å²) in [7, 11) is 0. The molecule has 2 heterocycles. The van der Waals surface area contributed by atoms with Crippen molar-refractivity contribution in [3.05, 3.63) is 78.1 Å². The van der Waals surface area contributed by atoms with Crippen LogP contribution in [-0.2, 0) is 6.54 Å². The Morgan fingerprint density at radius 3 is 2.73 bits per heavy atom. The van der Waals surface area contributed by atoms with Crippen LogP contribution in [0.3, 0.4) is 0 Å². The van der Waals surface area contributed by atoms with Crippen molar-refractivity contribution >= 4 is 27.7 Å². The quantitative estimate of drug-likeness (QED) is 0.607. The molecule has 1 N–H and O–H groups in total. The number of nitrogens with one attached hydrogen (secondary N) is 1. The molecule has 0 bridgehead atoms. The molecule has 4 nitrogen and oxygen atoms in total. The van der Waals surface area contributed by atoms with Gasteiger partial charge in [-0.15, -0.1) is 0 Å². The van der Waals surface area contributed by atoms with Crippen LogP contribution < -0.4 is 5.32 Å². The number of rotatable bonds is 4. The average molecular weight is 341 g/mol. The first-order valence-electron chi connectivity index (χ1n) is 9.01. The number of nitrogens with zero attached hydrogens (tertiary/aromatic N) is 2. The van der Waals surface area contributed by atoms with E-state index < -0.39 is 0 Å².